The first-order chi connectivity index (χ1) is 10.0. The molecule has 114 valence electrons. The molecule has 1 heterocycles. The van der Waals surface area contributed by atoms with E-state index in [2.05, 4.69) is 6.92 Å². The van der Waals surface area contributed by atoms with Crippen molar-refractivity contribution < 1.29 is 8.42 Å². The highest BCUT2D eigenvalue weighted by Crippen LogP contribution is 2.53. The van der Waals surface area contributed by atoms with Crippen molar-refractivity contribution in [3.63, 3.8) is 0 Å². The maximum absolute atomic E-state index is 12.8. The molecule has 0 N–H and O–H groups in total. The quantitative estimate of drug-likeness (QED) is 0.854. The van der Waals surface area contributed by atoms with E-state index in [-0.39, 0.29) is 0 Å². The van der Waals surface area contributed by atoms with Crippen LogP contribution in [0.25, 0.3) is 6.08 Å². The van der Waals surface area contributed by atoms with Crippen molar-refractivity contribution in [2.24, 2.45) is 5.41 Å². The summed E-state index contributed by atoms with van der Waals surface area (Å²) >= 11 is 0. The molecule has 1 saturated carbocycles. The molecule has 0 bridgehead atoms. The predicted octanol–water partition coefficient (Wildman–Crippen LogP) is 3.46. The number of hydrogen-bond acceptors (Lipinski definition) is 2. The van der Waals surface area contributed by atoms with Gasteiger partial charge in [0.15, 0.2) is 0 Å². The minimum Gasteiger partial charge on any atom is -0.207 e. The monoisotopic (exact) mass is 305 g/mol. The molecule has 1 saturated heterocycles. The van der Waals surface area contributed by atoms with E-state index in [9.17, 15) is 8.42 Å². The van der Waals surface area contributed by atoms with E-state index in [4.69, 9.17) is 0 Å². The van der Waals surface area contributed by atoms with Crippen molar-refractivity contribution in [1.82, 2.24) is 4.31 Å². The number of rotatable bonds is 4. The standard InChI is InChI=1S/C17H23NO2S/c1-3-5-15-12-16(7-6-14(15)4-2)21(19,20)18-11-10-17(13-18)8-9-17/h3,5-7,12H,4,8-11,13H2,1-2H3/b5-3-. The van der Waals surface area contributed by atoms with Crippen LogP contribution in [0, 0.1) is 5.41 Å². The lowest BCUT2D eigenvalue weighted by atomic mass is 10.1. The van der Waals surface area contributed by atoms with Gasteiger partial charge in [-0.15, -0.1) is 0 Å². The van der Waals surface area contributed by atoms with Gasteiger partial charge in [0.1, 0.15) is 0 Å². The van der Waals surface area contributed by atoms with E-state index >= 15 is 0 Å². The molecule has 1 aliphatic carbocycles. The summed E-state index contributed by atoms with van der Waals surface area (Å²) in [5, 5.41) is 0. The van der Waals surface area contributed by atoms with Gasteiger partial charge >= 0.3 is 0 Å². The molecule has 1 spiro atoms. The fraction of sp³-hybridized carbons (Fsp3) is 0.529. The van der Waals surface area contributed by atoms with Crippen LogP contribution in [0.15, 0.2) is 29.2 Å². The zero-order valence-corrected chi connectivity index (χ0v) is 13.6. The molecule has 0 aromatic heterocycles. The second-order valence-electron chi connectivity index (χ2n) is 6.30. The Morgan fingerprint density at radius 3 is 2.62 bits per heavy atom. The summed E-state index contributed by atoms with van der Waals surface area (Å²) in [7, 11) is -3.34. The summed E-state index contributed by atoms with van der Waals surface area (Å²) in [5.41, 5.74) is 2.52. The summed E-state index contributed by atoms with van der Waals surface area (Å²) in [6.07, 6.45) is 8.27. The third kappa shape index (κ3) is 2.67. The Hall–Kier alpha value is -1.13. The van der Waals surface area contributed by atoms with E-state index in [1.54, 1.807) is 10.4 Å². The molecule has 2 aliphatic rings. The van der Waals surface area contributed by atoms with Crippen LogP contribution in [-0.4, -0.2) is 25.8 Å². The summed E-state index contributed by atoms with van der Waals surface area (Å²) in [5.74, 6) is 0. The first-order valence-electron chi connectivity index (χ1n) is 7.76. The van der Waals surface area contributed by atoms with Gasteiger partial charge in [0, 0.05) is 13.1 Å². The van der Waals surface area contributed by atoms with Crippen LogP contribution in [0.1, 0.15) is 44.2 Å². The van der Waals surface area contributed by atoms with E-state index in [1.165, 1.54) is 18.4 Å². The summed E-state index contributed by atoms with van der Waals surface area (Å²) in [4.78, 5) is 0.436. The number of aryl methyl sites for hydroxylation is 1. The Bertz CT molecular complexity index is 672. The fourth-order valence-corrected chi connectivity index (χ4v) is 4.81. The van der Waals surface area contributed by atoms with Gasteiger partial charge in [0.25, 0.3) is 0 Å². The lowest BCUT2D eigenvalue weighted by molar-refractivity contribution is 0.451. The molecule has 1 aliphatic heterocycles. The molecule has 1 aromatic rings. The van der Waals surface area contributed by atoms with Crippen LogP contribution in [0.4, 0.5) is 0 Å². The van der Waals surface area contributed by atoms with Crippen molar-refractivity contribution in [2.45, 2.75) is 44.4 Å². The molecule has 2 fully saturated rings. The molecule has 4 heteroatoms. The number of nitrogens with zero attached hydrogens (tertiary/aromatic N) is 1. The molecule has 0 radical (unpaired) electrons. The van der Waals surface area contributed by atoms with Gasteiger partial charge in [-0.1, -0.05) is 25.1 Å². The Labute approximate surface area is 127 Å². The molecular weight excluding hydrogens is 282 g/mol. The average molecular weight is 305 g/mol. The first kappa shape index (κ1) is 14.8. The minimum absolute atomic E-state index is 0.322. The summed E-state index contributed by atoms with van der Waals surface area (Å²) in [6.45, 7) is 5.44. The second-order valence-corrected chi connectivity index (χ2v) is 8.24. The normalized spacial score (nSPS) is 21.4. The van der Waals surface area contributed by atoms with Crippen molar-refractivity contribution in [2.75, 3.05) is 13.1 Å². The van der Waals surface area contributed by atoms with Gasteiger partial charge in [0.2, 0.25) is 10.0 Å². The van der Waals surface area contributed by atoms with Crippen LogP contribution in [0.3, 0.4) is 0 Å². The maximum Gasteiger partial charge on any atom is 0.243 e. The highest BCUT2D eigenvalue weighted by molar-refractivity contribution is 7.89. The predicted molar refractivity (Wildman–Crippen MR) is 85.6 cm³/mol. The van der Waals surface area contributed by atoms with Crippen LogP contribution in [0.5, 0.6) is 0 Å². The highest BCUT2D eigenvalue weighted by Gasteiger charge is 2.50. The Morgan fingerprint density at radius 2 is 2.05 bits per heavy atom. The molecule has 3 rings (SSSR count). The maximum atomic E-state index is 12.8. The molecule has 1 aromatic carbocycles. The molecule has 0 atom stereocenters. The molecule has 0 amide bonds. The Kier molecular flexibility index (Phi) is 3.70. The van der Waals surface area contributed by atoms with Crippen LogP contribution in [-0.2, 0) is 16.4 Å². The van der Waals surface area contributed by atoms with Crippen molar-refractivity contribution in [3.05, 3.63) is 35.4 Å². The smallest absolute Gasteiger partial charge is 0.207 e. The van der Waals surface area contributed by atoms with E-state index in [0.717, 1.165) is 18.4 Å². The van der Waals surface area contributed by atoms with Gasteiger partial charge < -0.3 is 0 Å². The average Bonchev–Trinajstić information content (AvgIpc) is 3.08. The highest BCUT2D eigenvalue weighted by atomic mass is 32.2. The number of benzene rings is 1. The van der Waals surface area contributed by atoms with Gasteiger partial charge in [-0.05, 0) is 61.3 Å². The SMILES string of the molecule is C/C=C\c1cc(S(=O)(=O)N2CCC3(CC3)C2)ccc1CC. The van der Waals surface area contributed by atoms with Gasteiger partial charge in [-0.3, -0.25) is 0 Å². The second kappa shape index (κ2) is 5.25. The third-order valence-electron chi connectivity index (χ3n) is 4.84. The largest absolute Gasteiger partial charge is 0.243 e. The first-order valence-corrected chi connectivity index (χ1v) is 9.20. The lowest BCUT2D eigenvalue weighted by Crippen LogP contribution is -2.29. The molecular formula is C17H23NO2S. The van der Waals surface area contributed by atoms with Gasteiger partial charge in [0.05, 0.1) is 4.90 Å². The van der Waals surface area contributed by atoms with Crippen LogP contribution >= 0.6 is 0 Å². The van der Waals surface area contributed by atoms with E-state index in [0.29, 0.717) is 23.4 Å². The van der Waals surface area contributed by atoms with Gasteiger partial charge in [-0.2, -0.15) is 4.31 Å². The van der Waals surface area contributed by atoms with Gasteiger partial charge in [-0.25, -0.2) is 8.42 Å². The fourth-order valence-electron chi connectivity index (χ4n) is 3.22. The minimum atomic E-state index is -3.34. The van der Waals surface area contributed by atoms with E-state index in [1.807, 2.05) is 31.2 Å². The topological polar surface area (TPSA) is 37.4 Å². The van der Waals surface area contributed by atoms with E-state index < -0.39 is 10.0 Å². The Balaban J connectivity index is 1.93. The van der Waals surface area contributed by atoms with Crippen molar-refractivity contribution in [1.29, 1.82) is 0 Å². The zero-order chi connectivity index (χ0) is 15.1. The summed E-state index contributed by atoms with van der Waals surface area (Å²) in [6, 6.07) is 5.54. The zero-order valence-electron chi connectivity index (χ0n) is 12.8. The molecule has 21 heavy (non-hydrogen) atoms. The summed E-state index contributed by atoms with van der Waals surface area (Å²) < 4.78 is 27.3. The number of hydrogen-bond donors (Lipinski definition) is 0. The Morgan fingerprint density at radius 1 is 1.29 bits per heavy atom. The van der Waals surface area contributed by atoms with Crippen LogP contribution in [0.2, 0.25) is 0 Å². The number of allylic oxidation sites excluding steroid dienone is 1. The van der Waals surface area contributed by atoms with Crippen LogP contribution < -0.4 is 0 Å². The third-order valence-corrected chi connectivity index (χ3v) is 6.68. The van der Waals surface area contributed by atoms with Crippen molar-refractivity contribution >= 4 is 16.1 Å². The molecule has 0 unspecified atom stereocenters. The molecule has 3 nitrogen and oxygen atoms in total. The lowest BCUT2D eigenvalue weighted by Gasteiger charge is -2.17. The van der Waals surface area contributed by atoms with Crippen molar-refractivity contribution in [3.8, 4) is 0 Å². The number of sulfonamides is 1.